The summed E-state index contributed by atoms with van der Waals surface area (Å²) in [5.41, 5.74) is 9.00. The van der Waals surface area contributed by atoms with Gasteiger partial charge in [0.25, 0.3) is 0 Å². The van der Waals surface area contributed by atoms with Gasteiger partial charge in [0, 0.05) is 17.1 Å². The van der Waals surface area contributed by atoms with E-state index in [0.717, 1.165) is 24.4 Å². The molecule has 3 heteroatoms. The summed E-state index contributed by atoms with van der Waals surface area (Å²) < 4.78 is 0. The molecule has 1 saturated carbocycles. The molecular formula is C17H25ClN2. The molecule has 2 N–H and O–H groups in total. The van der Waals surface area contributed by atoms with Crippen LogP contribution in [-0.4, -0.2) is 25.0 Å². The maximum absolute atomic E-state index is 6.61. The van der Waals surface area contributed by atoms with Crippen LogP contribution in [0.15, 0.2) is 18.2 Å². The Kier molecular flexibility index (Phi) is 4.07. The molecule has 0 bridgehead atoms. The van der Waals surface area contributed by atoms with E-state index in [2.05, 4.69) is 30.1 Å². The van der Waals surface area contributed by atoms with E-state index >= 15 is 0 Å². The molecule has 2 aliphatic rings. The summed E-state index contributed by atoms with van der Waals surface area (Å²) in [6.07, 6.45) is 7.19. The Labute approximate surface area is 127 Å². The molecule has 0 aromatic heterocycles. The van der Waals surface area contributed by atoms with Gasteiger partial charge in [0.2, 0.25) is 0 Å². The van der Waals surface area contributed by atoms with Crippen LogP contribution in [0.25, 0.3) is 0 Å². The summed E-state index contributed by atoms with van der Waals surface area (Å²) in [7, 11) is 2.18. The Morgan fingerprint density at radius 2 is 2.00 bits per heavy atom. The van der Waals surface area contributed by atoms with Crippen molar-refractivity contribution < 1.29 is 0 Å². The molecular weight excluding hydrogens is 268 g/mol. The molecule has 1 aliphatic heterocycles. The number of likely N-dealkylation sites (tertiary alicyclic amines) is 1. The topological polar surface area (TPSA) is 29.3 Å². The van der Waals surface area contributed by atoms with E-state index in [4.69, 9.17) is 17.3 Å². The van der Waals surface area contributed by atoms with Crippen LogP contribution in [0.1, 0.15) is 55.6 Å². The SMILES string of the molecule is CN1CCC(c2ccc(C3(N)CCCCC3)cc2Cl)C1. The third-order valence-electron chi connectivity index (χ3n) is 5.15. The zero-order valence-corrected chi connectivity index (χ0v) is 13.1. The number of likely N-dealkylation sites (N-methyl/N-ethyl adjacent to an activating group) is 1. The van der Waals surface area contributed by atoms with Gasteiger partial charge in [-0.3, -0.25) is 0 Å². The average Bonchev–Trinajstić information content (AvgIpc) is 2.86. The third kappa shape index (κ3) is 2.74. The lowest BCUT2D eigenvalue weighted by molar-refractivity contribution is 0.302. The van der Waals surface area contributed by atoms with Crippen LogP contribution in [0.5, 0.6) is 0 Å². The molecule has 1 atom stereocenters. The van der Waals surface area contributed by atoms with E-state index in [1.807, 2.05) is 0 Å². The molecule has 2 fully saturated rings. The standard InChI is InChI=1S/C17H25ClN2/c1-20-10-7-13(12-20)15-6-5-14(11-16(15)18)17(19)8-3-2-4-9-17/h5-6,11,13H,2-4,7-10,12,19H2,1H3. The van der Waals surface area contributed by atoms with Crippen molar-refractivity contribution in [1.29, 1.82) is 0 Å². The highest BCUT2D eigenvalue weighted by Gasteiger charge is 2.30. The molecule has 110 valence electrons. The van der Waals surface area contributed by atoms with Gasteiger partial charge in [0.1, 0.15) is 0 Å². The smallest absolute Gasteiger partial charge is 0.0444 e. The first kappa shape index (κ1) is 14.4. The van der Waals surface area contributed by atoms with Crippen LogP contribution in [0, 0.1) is 0 Å². The molecule has 1 aromatic carbocycles. The number of halogens is 1. The number of nitrogens with zero attached hydrogens (tertiary/aromatic N) is 1. The predicted molar refractivity (Wildman–Crippen MR) is 85.3 cm³/mol. The van der Waals surface area contributed by atoms with E-state index in [1.165, 1.54) is 43.4 Å². The van der Waals surface area contributed by atoms with E-state index in [-0.39, 0.29) is 5.54 Å². The van der Waals surface area contributed by atoms with Gasteiger partial charge in [-0.25, -0.2) is 0 Å². The Morgan fingerprint density at radius 1 is 1.25 bits per heavy atom. The molecule has 0 radical (unpaired) electrons. The minimum Gasteiger partial charge on any atom is -0.321 e. The second-order valence-corrected chi connectivity index (χ2v) is 7.11. The monoisotopic (exact) mass is 292 g/mol. The van der Waals surface area contributed by atoms with Crippen LogP contribution >= 0.6 is 11.6 Å². The first-order chi connectivity index (χ1) is 9.58. The Hall–Kier alpha value is -0.570. The summed E-state index contributed by atoms with van der Waals surface area (Å²) >= 11 is 6.56. The fraction of sp³-hybridized carbons (Fsp3) is 0.647. The van der Waals surface area contributed by atoms with Crippen molar-refractivity contribution in [2.75, 3.05) is 20.1 Å². The highest BCUT2D eigenvalue weighted by atomic mass is 35.5. The van der Waals surface area contributed by atoms with Gasteiger partial charge in [0.05, 0.1) is 0 Å². The van der Waals surface area contributed by atoms with Crippen molar-refractivity contribution in [3.63, 3.8) is 0 Å². The van der Waals surface area contributed by atoms with Crippen LogP contribution in [-0.2, 0) is 5.54 Å². The minimum absolute atomic E-state index is 0.146. The Morgan fingerprint density at radius 3 is 2.60 bits per heavy atom. The molecule has 1 unspecified atom stereocenters. The van der Waals surface area contributed by atoms with Crippen molar-refractivity contribution in [3.05, 3.63) is 34.3 Å². The van der Waals surface area contributed by atoms with Gasteiger partial charge < -0.3 is 10.6 Å². The second-order valence-electron chi connectivity index (χ2n) is 6.70. The molecule has 1 aliphatic carbocycles. The van der Waals surface area contributed by atoms with Gasteiger partial charge in [0.15, 0.2) is 0 Å². The third-order valence-corrected chi connectivity index (χ3v) is 5.48. The van der Waals surface area contributed by atoms with Gasteiger partial charge in [-0.2, -0.15) is 0 Å². The van der Waals surface area contributed by atoms with Crippen LogP contribution < -0.4 is 5.73 Å². The first-order valence-electron chi connectivity index (χ1n) is 7.86. The molecule has 0 spiro atoms. The van der Waals surface area contributed by atoms with Crippen molar-refractivity contribution in [2.45, 2.75) is 50.0 Å². The molecule has 20 heavy (non-hydrogen) atoms. The lowest BCUT2D eigenvalue weighted by Gasteiger charge is -2.34. The van der Waals surface area contributed by atoms with Gasteiger partial charge >= 0.3 is 0 Å². The summed E-state index contributed by atoms with van der Waals surface area (Å²) in [6.45, 7) is 2.29. The zero-order chi connectivity index (χ0) is 14.2. The van der Waals surface area contributed by atoms with Crippen LogP contribution in [0.2, 0.25) is 5.02 Å². The molecule has 1 heterocycles. The van der Waals surface area contributed by atoms with Crippen molar-refractivity contribution in [2.24, 2.45) is 5.73 Å². The zero-order valence-electron chi connectivity index (χ0n) is 12.4. The van der Waals surface area contributed by atoms with Gasteiger partial charge in [-0.05, 0) is 56.0 Å². The number of hydrogen-bond donors (Lipinski definition) is 1. The van der Waals surface area contributed by atoms with Crippen molar-refractivity contribution in [3.8, 4) is 0 Å². The Bertz CT molecular complexity index is 480. The van der Waals surface area contributed by atoms with E-state index in [0.29, 0.717) is 5.92 Å². The second kappa shape index (κ2) is 5.67. The minimum atomic E-state index is -0.146. The number of benzene rings is 1. The molecule has 0 amide bonds. The fourth-order valence-corrected chi connectivity index (χ4v) is 4.16. The molecule has 2 nitrogen and oxygen atoms in total. The first-order valence-corrected chi connectivity index (χ1v) is 8.24. The quantitative estimate of drug-likeness (QED) is 0.896. The maximum Gasteiger partial charge on any atom is 0.0444 e. The van der Waals surface area contributed by atoms with E-state index < -0.39 is 0 Å². The molecule has 1 saturated heterocycles. The lowest BCUT2D eigenvalue weighted by Crippen LogP contribution is -2.38. The number of nitrogens with two attached hydrogens (primary N) is 1. The largest absolute Gasteiger partial charge is 0.321 e. The molecule has 1 aromatic rings. The van der Waals surface area contributed by atoms with Crippen LogP contribution in [0.4, 0.5) is 0 Å². The average molecular weight is 293 g/mol. The van der Waals surface area contributed by atoms with Gasteiger partial charge in [-0.1, -0.05) is 43.0 Å². The van der Waals surface area contributed by atoms with Crippen molar-refractivity contribution in [1.82, 2.24) is 4.90 Å². The van der Waals surface area contributed by atoms with E-state index in [9.17, 15) is 0 Å². The number of rotatable bonds is 2. The van der Waals surface area contributed by atoms with Crippen LogP contribution in [0.3, 0.4) is 0 Å². The van der Waals surface area contributed by atoms with Crippen molar-refractivity contribution >= 4 is 11.6 Å². The summed E-state index contributed by atoms with van der Waals surface area (Å²) in [5, 5.41) is 0.915. The van der Waals surface area contributed by atoms with Gasteiger partial charge in [-0.15, -0.1) is 0 Å². The highest BCUT2D eigenvalue weighted by Crippen LogP contribution is 2.38. The molecule has 3 rings (SSSR count). The normalized spacial score (nSPS) is 26.9. The maximum atomic E-state index is 6.61. The Balaban J connectivity index is 1.83. The fourth-order valence-electron chi connectivity index (χ4n) is 3.83. The summed E-state index contributed by atoms with van der Waals surface area (Å²) in [5.74, 6) is 0.585. The van der Waals surface area contributed by atoms with E-state index in [1.54, 1.807) is 0 Å². The predicted octanol–water partition coefficient (Wildman–Crippen LogP) is 3.88. The number of hydrogen-bond acceptors (Lipinski definition) is 2. The summed E-state index contributed by atoms with van der Waals surface area (Å²) in [6, 6.07) is 6.59. The summed E-state index contributed by atoms with van der Waals surface area (Å²) in [4.78, 5) is 2.38. The lowest BCUT2D eigenvalue weighted by atomic mass is 9.77. The highest BCUT2D eigenvalue weighted by molar-refractivity contribution is 6.31.